The number of amides is 1. The number of benzene rings is 1. The van der Waals surface area contributed by atoms with Gasteiger partial charge < -0.3 is 14.5 Å². The van der Waals surface area contributed by atoms with Crippen molar-refractivity contribution in [3.8, 4) is 0 Å². The van der Waals surface area contributed by atoms with E-state index in [0.29, 0.717) is 18.6 Å². The Hall–Kier alpha value is -1.88. The van der Waals surface area contributed by atoms with Crippen molar-refractivity contribution in [2.75, 3.05) is 44.8 Å². The van der Waals surface area contributed by atoms with E-state index in [9.17, 15) is 9.59 Å². The molecule has 1 amide bonds. The zero-order chi connectivity index (χ0) is 14.4. The summed E-state index contributed by atoms with van der Waals surface area (Å²) in [4.78, 5) is 26.6. The number of rotatable bonds is 5. The average molecular weight is 276 g/mol. The van der Waals surface area contributed by atoms with E-state index in [1.807, 2.05) is 29.2 Å². The molecule has 0 atom stereocenters. The first-order chi connectivity index (χ1) is 9.74. The predicted octanol–water partition coefficient (Wildman–Crippen LogP) is 1.18. The Bertz CT molecular complexity index is 451. The molecule has 0 spiro atoms. The van der Waals surface area contributed by atoms with Gasteiger partial charge in [0.2, 0.25) is 5.91 Å². The Balaban J connectivity index is 1.87. The molecule has 20 heavy (non-hydrogen) atoms. The van der Waals surface area contributed by atoms with Crippen molar-refractivity contribution in [3.63, 3.8) is 0 Å². The molecule has 0 unspecified atom stereocenters. The first-order valence-corrected chi connectivity index (χ1v) is 6.81. The maximum absolute atomic E-state index is 11.9. The Morgan fingerprint density at radius 3 is 2.40 bits per heavy atom. The molecule has 0 aliphatic carbocycles. The molecular weight excluding hydrogens is 256 g/mol. The molecule has 1 aromatic rings. The summed E-state index contributed by atoms with van der Waals surface area (Å²) in [6, 6.07) is 7.54. The van der Waals surface area contributed by atoms with Crippen LogP contribution in [0.3, 0.4) is 0 Å². The normalized spacial score (nSPS) is 15.2. The molecule has 2 rings (SSSR count). The number of methoxy groups -OCH3 is 1. The van der Waals surface area contributed by atoms with E-state index in [1.165, 1.54) is 0 Å². The van der Waals surface area contributed by atoms with Crippen LogP contribution in [-0.4, -0.2) is 57.0 Å². The number of carbonyl (C=O) groups is 2. The largest absolute Gasteiger partial charge is 0.384 e. The summed E-state index contributed by atoms with van der Waals surface area (Å²) in [5.74, 6) is 0.155. The number of ether oxygens (including phenoxy) is 1. The minimum absolute atomic E-state index is 0.155. The van der Waals surface area contributed by atoms with Gasteiger partial charge in [-0.15, -0.1) is 0 Å². The van der Waals surface area contributed by atoms with Crippen LogP contribution < -0.4 is 4.90 Å². The van der Waals surface area contributed by atoms with Gasteiger partial charge in [0.05, 0.1) is 13.0 Å². The van der Waals surface area contributed by atoms with Gasteiger partial charge >= 0.3 is 0 Å². The summed E-state index contributed by atoms with van der Waals surface area (Å²) in [5.41, 5.74) is 1.78. The van der Waals surface area contributed by atoms with Gasteiger partial charge in [-0.2, -0.15) is 0 Å². The zero-order valence-electron chi connectivity index (χ0n) is 11.7. The van der Waals surface area contributed by atoms with Crippen LogP contribution in [0.4, 0.5) is 5.69 Å². The van der Waals surface area contributed by atoms with Gasteiger partial charge in [-0.3, -0.25) is 9.59 Å². The Kier molecular flexibility index (Phi) is 5.12. The van der Waals surface area contributed by atoms with Gasteiger partial charge in [0.25, 0.3) is 0 Å². The predicted molar refractivity (Wildman–Crippen MR) is 77.1 cm³/mol. The van der Waals surface area contributed by atoms with Gasteiger partial charge in [-0.1, -0.05) is 0 Å². The molecule has 1 heterocycles. The lowest BCUT2D eigenvalue weighted by atomic mass is 10.2. The van der Waals surface area contributed by atoms with E-state index in [0.717, 1.165) is 38.2 Å². The summed E-state index contributed by atoms with van der Waals surface area (Å²) < 4.78 is 4.93. The van der Waals surface area contributed by atoms with Gasteiger partial charge in [-0.05, 0) is 24.3 Å². The van der Waals surface area contributed by atoms with E-state index >= 15 is 0 Å². The van der Waals surface area contributed by atoms with Crippen LogP contribution in [0, 0.1) is 0 Å². The molecule has 0 N–H and O–H groups in total. The van der Waals surface area contributed by atoms with E-state index in [2.05, 4.69) is 4.90 Å². The molecular formula is C15H20N2O3. The molecule has 0 bridgehead atoms. The van der Waals surface area contributed by atoms with Crippen molar-refractivity contribution < 1.29 is 14.3 Å². The van der Waals surface area contributed by atoms with Crippen molar-refractivity contribution >= 4 is 17.9 Å². The lowest BCUT2D eigenvalue weighted by Crippen LogP contribution is -2.49. The van der Waals surface area contributed by atoms with Crippen LogP contribution in [0.25, 0.3) is 0 Å². The van der Waals surface area contributed by atoms with Crippen LogP contribution in [0.5, 0.6) is 0 Å². The Labute approximate surface area is 119 Å². The number of hydrogen-bond acceptors (Lipinski definition) is 4. The molecule has 0 aromatic heterocycles. The molecule has 5 heteroatoms. The Morgan fingerprint density at radius 1 is 1.20 bits per heavy atom. The summed E-state index contributed by atoms with van der Waals surface area (Å²) in [5, 5.41) is 0. The van der Waals surface area contributed by atoms with Crippen molar-refractivity contribution in [3.05, 3.63) is 29.8 Å². The molecule has 1 aromatic carbocycles. The molecule has 1 aliphatic heterocycles. The highest BCUT2D eigenvalue weighted by molar-refractivity contribution is 5.77. The second-order valence-corrected chi connectivity index (χ2v) is 4.82. The second kappa shape index (κ2) is 7.05. The maximum Gasteiger partial charge on any atom is 0.225 e. The highest BCUT2D eigenvalue weighted by Crippen LogP contribution is 2.17. The first kappa shape index (κ1) is 14.5. The monoisotopic (exact) mass is 276 g/mol. The van der Waals surface area contributed by atoms with Crippen molar-refractivity contribution in [2.45, 2.75) is 6.42 Å². The van der Waals surface area contributed by atoms with E-state index in [1.54, 1.807) is 7.11 Å². The summed E-state index contributed by atoms with van der Waals surface area (Å²) in [6.07, 6.45) is 1.29. The topological polar surface area (TPSA) is 49.9 Å². The summed E-state index contributed by atoms with van der Waals surface area (Å²) in [6.45, 7) is 3.58. The third kappa shape index (κ3) is 3.57. The molecule has 108 valence electrons. The van der Waals surface area contributed by atoms with Crippen molar-refractivity contribution in [1.29, 1.82) is 0 Å². The highest BCUT2D eigenvalue weighted by Gasteiger charge is 2.20. The van der Waals surface area contributed by atoms with E-state index in [-0.39, 0.29) is 5.91 Å². The third-order valence-corrected chi connectivity index (χ3v) is 3.55. The second-order valence-electron chi connectivity index (χ2n) is 4.82. The number of piperazine rings is 1. The SMILES string of the molecule is COCCC(=O)N1CCN(c2ccc(C=O)cc2)CC1. The van der Waals surface area contributed by atoms with Crippen molar-refractivity contribution in [1.82, 2.24) is 4.90 Å². The van der Waals surface area contributed by atoms with Gasteiger partial charge in [-0.25, -0.2) is 0 Å². The minimum Gasteiger partial charge on any atom is -0.384 e. The fourth-order valence-corrected chi connectivity index (χ4v) is 2.33. The first-order valence-electron chi connectivity index (χ1n) is 6.81. The number of anilines is 1. The van der Waals surface area contributed by atoms with Crippen LogP contribution in [0.1, 0.15) is 16.8 Å². The number of nitrogens with zero attached hydrogens (tertiary/aromatic N) is 2. The summed E-state index contributed by atoms with van der Waals surface area (Å²) in [7, 11) is 1.61. The quantitative estimate of drug-likeness (QED) is 0.758. The smallest absolute Gasteiger partial charge is 0.225 e. The minimum atomic E-state index is 0.155. The molecule has 1 aliphatic rings. The third-order valence-electron chi connectivity index (χ3n) is 3.55. The standard InChI is InChI=1S/C15H20N2O3/c1-20-11-6-15(19)17-9-7-16(8-10-17)14-4-2-13(12-18)3-5-14/h2-5,12H,6-11H2,1H3. The van der Waals surface area contributed by atoms with Crippen LogP contribution in [0.2, 0.25) is 0 Å². The maximum atomic E-state index is 11.9. The summed E-state index contributed by atoms with van der Waals surface area (Å²) >= 11 is 0. The fraction of sp³-hybridized carbons (Fsp3) is 0.467. The van der Waals surface area contributed by atoms with E-state index in [4.69, 9.17) is 4.74 Å². The number of hydrogen-bond donors (Lipinski definition) is 0. The average Bonchev–Trinajstić information content (AvgIpc) is 2.53. The lowest BCUT2D eigenvalue weighted by molar-refractivity contribution is -0.132. The van der Waals surface area contributed by atoms with Crippen LogP contribution in [0.15, 0.2) is 24.3 Å². The molecule has 1 fully saturated rings. The Morgan fingerprint density at radius 2 is 1.85 bits per heavy atom. The molecule has 1 saturated heterocycles. The van der Waals surface area contributed by atoms with Crippen molar-refractivity contribution in [2.24, 2.45) is 0 Å². The fourth-order valence-electron chi connectivity index (χ4n) is 2.33. The molecule has 5 nitrogen and oxygen atoms in total. The van der Waals surface area contributed by atoms with Gasteiger partial charge in [0.1, 0.15) is 6.29 Å². The number of aldehydes is 1. The zero-order valence-corrected chi connectivity index (χ0v) is 11.7. The highest BCUT2D eigenvalue weighted by atomic mass is 16.5. The van der Waals surface area contributed by atoms with Gasteiger partial charge in [0.15, 0.2) is 0 Å². The lowest BCUT2D eigenvalue weighted by Gasteiger charge is -2.36. The van der Waals surface area contributed by atoms with Crippen LogP contribution in [-0.2, 0) is 9.53 Å². The van der Waals surface area contributed by atoms with Crippen LogP contribution >= 0.6 is 0 Å². The molecule has 0 saturated carbocycles. The van der Waals surface area contributed by atoms with Gasteiger partial charge in [0, 0.05) is 44.5 Å². The molecule has 0 radical (unpaired) electrons. The number of carbonyl (C=O) groups excluding carboxylic acids is 2. The van der Waals surface area contributed by atoms with E-state index < -0.39 is 0 Å².